The maximum Gasteiger partial charge on any atom is 0.490 e. The minimum Gasteiger partial charge on any atom is -0.509 e. The quantitative estimate of drug-likeness (QED) is 0.209. The molecule has 1 aliphatic carbocycles. The van der Waals surface area contributed by atoms with Crippen LogP contribution in [0, 0.1) is 16.5 Å². The first-order valence-electron chi connectivity index (χ1n) is 8.27. The number of nitrogens with zero attached hydrogens (tertiary/aromatic N) is 1. The summed E-state index contributed by atoms with van der Waals surface area (Å²) in [6.07, 6.45) is 1.41. The van der Waals surface area contributed by atoms with Gasteiger partial charge >= 0.3 is 29.2 Å². The fourth-order valence-electron chi connectivity index (χ4n) is 3.36. The minimum atomic E-state index is -5.69. The number of hydrogen-bond donors (Lipinski definition) is 6. The highest BCUT2D eigenvalue weighted by Crippen LogP contribution is 2.67. The largest absolute Gasteiger partial charge is 0.509 e. The van der Waals surface area contributed by atoms with E-state index in [4.69, 9.17) is 31.6 Å². The van der Waals surface area contributed by atoms with Gasteiger partial charge in [0.05, 0.1) is 0 Å². The Morgan fingerprint density at radius 3 is 2.48 bits per heavy atom. The highest BCUT2D eigenvalue weighted by molar-refractivity contribution is 7.71. The molecule has 6 N–H and O–H groups in total. The van der Waals surface area contributed by atoms with E-state index in [0.29, 0.717) is 0 Å². The molecule has 31 heavy (non-hydrogen) atoms. The molecule has 174 valence electrons. The van der Waals surface area contributed by atoms with E-state index in [1.807, 2.05) is 0 Å². The van der Waals surface area contributed by atoms with Gasteiger partial charge in [-0.15, -0.1) is 0 Å². The van der Waals surface area contributed by atoms with E-state index < -0.39 is 41.5 Å². The van der Waals surface area contributed by atoms with E-state index in [2.05, 4.69) is 18.1 Å². The Morgan fingerprint density at radius 1 is 1.26 bits per heavy atom. The molecule has 2 aliphatic rings. The van der Waals surface area contributed by atoms with Gasteiger partial charge in [-0.25, -0.2) is 18.5 Å². The zero-order valence-corrected chi connectivity index (χ0v) is 18.9. The minimum absolute atomic E-state index is 0.0261. The zero-order valence-electron chi connectivity index (χ0n) is 15.4. The van der Waals surface area contributed by atoms with E-state index in [9.17, 15) is 28.5 Å². The standard InChI is InChI=1S/C12H17N2O13P3S/c1-6-7-4-8(15)9(25-12(6,7)14-3-2-10(31)13-11(14)16)5-24-29(20,21)27-30(22,23)26-28(17,18)19/h2-3,6-7,15H,4-5H2,1H3,(H,20,21)(H,22,23)(H,13,16,31)(H2,17,18,19). The molecule has 1 aliphatic heterocycles. The first-order valence-corrected chi connectivity index (χ1v) is 13.2. The molecule has 1 aromatic rings. The second kappa shape index (κ2) is 8.01. The van der Waals surface area contributed by atoms with Gasteiger partial charge < -0.3 is 29.4 Å². The van der Waals surface area contributed by atoms with Gasteiger partial charge in [-0.05, 0) is 6.07 Å². The van der Waals surface area contributed by atoms with Gasteiger partial charge in [0, 0.05) is 24.5 Å². The Hall–Kier alpha value is -1.15. The molecule has 0 saturated heterocycles. The van der Waals surface area contributed by atoms with Gasteiger partial charge in [0.15, 0.2) is 11.5 Å². The van der Waals surface area contributed by atoms with Crippen molar-refractivity contribution >= 4 is 35.7 Å². The van der Waals surface area contributed by atoms with Gasteiger partial charge in [0.2, 0.25) is 0 Å². The zero-order chi connectivity index (χ0) is 23.4. The average Bonchev–Trinajstić information content (AvgIpc) is 3.13. The van der Waals surface area contributed by atoms with Crippen molar-refractivity contribution in [2.75, 3.05) is 6.61 Å². The Bertz CT molecular complexity index is 1190. The lowest BCUT2D eigenvalue weighted by atomic mass is 10.1. The van der Waals surface area contributed by atoms with E-state index in [1.165, 1.54) is 16.8 Å². The summed E-state index contributed by atoms with van der Waals surface area (Å²) in [6.45, 7) is 0.797. The molecule has 5 atom stereocenters. The number of aromatic nitrogens is 2. The van der Waals surface area contributed by atoms with Crippen LogP contribution in [0.2, 0.25) is 0 Å². The summed E-state index contributed by atoms with van der Waals surface area (Å²) < 4.78 is 52.7. The fourth-order valence-corrected chi connectivity index (χ4v) is 6.49. The SMILES string of the molecule is CC1C2CC(O)=C(COP(=O)(O)OP(=O)(O)OP(=O)(O)O)OC12n1ccc(=S)[nH]c1=O. The number of H-pyrrole nitrogens is 1. The molecule has 1 saturated carbocycles. The van der Waals surface area contributed by atoms with Gasteiger partial charge in [0.25, 0.3) is 0 Å². The molecule has 15 nitrogen and oxygen atoms in total. The smallest absolute Gasteiger partial charge is 0.490 e. The Labute approximate surface area is 178 Å². The summed E-state index contributed by atoms with van der Waals surface area (Å²) >= 11 is 4.89. The van der Waals surface area contributed by atoms with Crippen LogP contribution in [0.1, 0.15) is 13.3 Å². The van der Waals surface area contributed by atoms with E-state index in [1.54, 1.807) is 6.92 Å². The predicted molar refractivity (Wildman–Crippen MR) is 102 cm³/mol. The average molecular weight is 522 g/mol. The second-order valence-electron chi connectivity index (χ2n) is 6.67. The number of fused-ring (bicyclic) bond motifs is 1. The maximum absolute atomic E-state index is 12.3. The summed E-state index contributed by atoms with van der Waals surface area (Å²) in [6, 6.07) is 1.45. The lowest BCUT2D eigenvalue weighted by Gasteiger charge is -2.28. The molecule has 19 heteroatoms. The monoisotopic (exact) mass is 522 g/mol. The number of hydrogen-bond acceptors (Lipinski definition) is 10. The first kappa shape index (κ1) is 24.5. The third kappa shape index (κ3) is 5.27. The number of aliphatic hydroxyl groups excluding tert-OH is 1. The molecule has 2 heterocycles. The van der Waals surface area contributed by atoms with Gasteiger partial charge in [-0.3, -0.25) is 14.1 Å². The van der Waals surface area contributed by atoms with E-state index in [0.717, 1.165) is 0 Å². The van der Waals surface area contributed by atoms with Crippen molar-refractivity contribution in [2.24, 2.45) is 11.8 Å². The molecular formula is C12H17N2O13P3S. The molecule has 3 rings (SSSR count). The van der Waals surface area contributed by atoms with Gasteiger partial charge in [-0.2, -0.15) is 8.62 Å². The third-order valence-electron chi connectivity index (χ3n) is 4.68. The van der Waals surface area contributed by atoms with Gasteiger partial charge in [0.1, 0.15) is 17.0 Å². The summed E-state index contributed by atoms with van der Waals surface area (Å²) in [5.41, 5.74) is -1.83. The Balaban J connectivity index is 1.76. The molecule has 0 bridgehead atoms. The lowest BCUT2D eigenvalue weighted by molar-refractivity contribution is -0.0345. The number of aliphatic hydroxyl groups is 1. The van der Waals surface area contributed by atoms with Crippen molar-refractivity contribution in [1.82, 2.24) is 9.55 Å². The highest BCUT2D eigenvalue weighted by atomic mass is 32.1. The van der Waals surface area contributed by atoms with Gasteiger partial charge in [-0.1, -0.05) is 19.1 Å². The number of phosphoric ester groups is 1. The van der Waals surface area contributed by atoms with Crippen LogP contribution in [-0.4, -0.2) is 40.8 Å². The Kier molecular flexibility index (Phi) is 6.33. The normalized spacial score (nSPS) is 29.5. The molecule has 1 aromatic heterocycles. The van der Waals surface area contributed by atoms with Crippen LogP contribution in [0.5, 0.6) is 0 Å². The van der Waals surface area contributed by atoms with Crippen LogP contribution in [-0.2, 0) is 37.3 Å². The third-order valence-corrected chi connectivity index (χ3v) is 8.70. The molecule has 0 spiro atoms. The fraction of sp³-hybridized carbons (Fsp3) is 0.500. The maximum atomic E-state index is 12.3. The summed E-state index contributed by atoms with van der Waals surface area (Å²) in [7, 11) is -16.6. The summed E-state index contributed by atoms with van der Waals surface area (Å²) in [5.74, 6) is -1.30. The number of ether oxygens (including phenoxy) is 1. The first-order chi connectivity index (χ1) is 14.1. The molecule has 5 unspecified atom stereocenters. The molecule has 0 amide bonds. The number of rotatable bonds is 8. The molecular weight excluding hydrogens is 505 g/mol. The van der Waals surface area contributed by atoms with E-state index >= 15 is 0 Å². The van der Waals surface area contributed by atoms with E-state index in [-0.39, 0.29) is 34.4 Å². The van der Waals surface area contributed by atoms with Crippen molar-refractivity contribution in [1.29, 1.82) is 0 Å². The number of allylic oxidation sites excluding steroid dienone is 1. The van der Waals surface area contributed by atoms with Crippen LogP contribution in [0.15, 0.2) is 28.6 Å². The Morgan fingerprint density at radius 2 is 1.90 bits per heavy atom. The predicted octanol–water partition coefficient (Wildman–Crippen LogP) is 1.36. The summed E-state index contributed by atoms with van der Waals surface area (Å²) in [5, 5.41) is 10.2. The van der Waals surface area contributed by atoms with Crippen LogP contribution < -0.4 is 5.69 Å². The number of nitrogens with one attached hydrogen (secondary N) is 1. The van der Waals surface area contributed by atoms with Crippen LogP contribution in [0.3, 0.4) is 0 Å². The molecule has 0 aromatic carbocycles. The topological polar surface area (TPSA) is 227 Å². The van der Waals surface area contributed by atoms with Crippen molar-refractivity contribution in [3.05, 3.63) is 38.9 Å². The van der Waals surface area contributed by atoms with Crippen LogP contribution in [0.4, 0.5) is 0 Å². The highest BCUT2D eigenvalue weighted by Gasteiger charge is 2.69. The van der Waals surface area contributed by atoms with Crippen LogP contribution >= 0.6 is 35.7 Å². The summed E-state index contributed by atoms with van der Waals surface area (Å²) in [4.78, 5) is 50.5. The van der Waals surface area contributed by atoms with Crippen LogP contribution in [0.25, 0.3) is 0 Å². The number of aromatic amines is 1. The lowest BCUT2D eigenvalue weighted by Crippen LogP contribution is -2.38. The van der Waals surface area contributed by atoms with Crippen molar-refractivity contribution in [2.45, 2.75) is 19.1 Å². The number of phosphoric acid groups is 3. The molecule has 0 radical (unpaired) electrons. The van der Waals surface area contributed by atoms with Crippen molar-refractivity contribution < 1.29 is 56.3 Å². The van der Waals surface area contributed by atoms with Crippen molar-refractivity contribution in [3.63, 3.8) is 0 Å². The van der Waals surface area contributed by atoms with Crippen molar-refractivity contribution in [3.8, 4) is 0 Å². The second-order valence-corrected chi connectivity index (χ2v) is 11.5. The molecule has 1 fully saturated rings.